The molecule has 10 atom stereocenters. The minimum atomic E-state index is -0.773. The number of aliphatic hydroxyl groups is 1. The molecule has 15 saturated carbocycles. The highest BCUT2D eigenvalue weighted by molar-refractivity contribution is 5.80. The predicted molar refractivity (Wildman–Crippen MR) is 512 cm³/mol. The van der Waals surface area contributed by atoms with Crippen LogP contribution in [-0.4, -0.2) is 131 Å². The standard InChI is InChI=1S/C21H30O8.C19H32O2.C16H26O3.C14H20O4.C13H24O2.C10H20O2.12CH4/c1-4-19(2,3)16(22)28-20-6-13-5-14(7-20)9-21(8-13,12-20)29-18(24)26-11-15-10-25-17(23)27-15;1-6-18(4,5)17(20)21-19(12(2)3)15-8-13-7-14(10-15)11-16(19)9-13;1-4-14(2,3)13(17)19-16-8-11-5-12(9-16)7-15(18,6-11)10-16;1-4-14(2,3)13(16)18-10-7-5-8-9(6-7)12(15)17-11(8)10;1-5-12(3,4)11(14)15-13(6-2)9-7-8-10-13;1-5-7-8-12-9(11)10(3,4)6-2;;;;;;;;;;;;/h13-15H,4-12H2,1-3H3;12-16H,6-11H2,1-5H3;11-12,18H,4-10H2,1-3H3;7-11H,4-6H2,1-3H3;5-10H2,1-4H3;5-8H2,1-4H3;12*1H4. The molecule has 0 aromatic rings. The van der Waals surface area contributed by atoms with E-state index in [0.29, 0.717) is 79.1 Å². The molecule has 21 nitrogen and oxygen atoms in total. The summed E-state index contributed by atoms with van der Waals surface area (Å²) in [6.45, 7) is 44.7. The Morgan fingerprint density at radius 2 is 0.817 bits per heavy atom. The van der Waals surface area contributed by atoms with Gasteiger partial charge < -0.3 is 57.2 Å². The van der Waals surface area contributed by atoms with Crippen LogP contribution in [0.3, 0.4) is 0 Å². The summed E-state index contributed by atoms with van der Waals surface area (Å²) < 4.78 is 60.9. The number of fused-ring (bicyclic) bond motifs is 1. The molecule has 17 rings (SSSR count). The van der Waals surface area contributed by atoms with Gasteiger partial charge in [-0.2, -0.15) is 0 Å². The Morgan fingerprint density at radius 1 is 0.437 bits per heavy atom. The third-order valence-corrected chi connectivity index (χ3v) is 30.9. The Labute approximate surface area is 772 Å². The summed E-state index contributed by atoms with van der Waals surface area (Å²) in [4.78, 5) is 108. The minimum Gasteiger partial charge on any atom is -0.465 e. The third-order valence-electron chi connectivity index (χ3n) is 30.9. The van der Waals surface area contributed by atoms with E-state index in [1.807, 2.05) is 118 Å². The number of carbonyl (C=O) groups excluding carboxylic acids is 9. The Hall–Kier alpha value is -5.21. The summed E-state index contributed by atoms with van der Waals surface area (Å²) in [5.74, 6) is 5.51. The zero-order valence-electron chi connectivity index (χ0n) is 74.5. The van der Waals surface area contributed by atoms with E-state index in [-0.39, 0.29) is 195 Å². The molecule has 14 bridgehead atoms. The molecule has 15 aliphatic carbocycles. The second kappa shape index (κ2) is 49.5. The van der Waals surface area contributed by atoms with Crippen molar-refractivity contribution in [1.29, 1.82) is 0 Å². The van der Waals surface area contributed by atoms with Gasteiger partial charge in [-0.3, -0.25) is 33.6 Å². The van der Waals surface area contributed by atoms with Gasteiger partial charge in [-0.1, -0.05) is 165 Å². The van der Waals surface area contributed by atoms with Crippen LogP contribution in [-0.2, 0) is 85.7 Å². The fourth-order valence-electron chi connectivity index (χ4n) is 22.1. The molecule has 126 heavy (non-hydrogen) atoms. The summed E-state index contributed by atoms with van der Waals surface area (Å²) in [5, 5.41) is 10.6. The molecule has 0 amide bonds. The average Bonchev–Trinajstić information content (AvgIpc) is 0.944. The highest BCUT2D eigenvalue weighted by atomic mass is 16.8. The number of ether oxygens (including phenoxy) is 11. The van der Waals surface area contributed by atoms with Crippen molar-refractivity contribution < 1.29 is 100 Å². The second-order valence-electron chi connectivity index (χ2n) is 42.5. The molecule has 746 valence electrons. The van der Waals surface area contributed by atoms with Crippen molar-refractivity contribution in [1.82, 2.24) is 0 Å². The minimum absolute atomic E-state index is 0. The maximum Gasteiger partial charge on any atom is 0.508 e. The maximum absolute atomic E-state index is 12.8. The molecule has 0 radical (unpaired) electrons. The van der Waals surface area contributed by atoms with E-state index in [9.17, 15) is 48.3 Å². The monoisotopic (exact) mass is 1800 g/mol. The molecular formula is C105H200O21. The van der Waals surface area contributed by atoms with Gasteiger partial charge in [-0.15, -0.1) is 0 Å². The number of cyclic esters (lactones) is 2. The van der Waals surface area contributed by atoms with Crippen LogP contribution in [0.2, 0.25) is 0 Å². The predicted octanol–water partition coefficient (Wildman–Crippen LogP) is 27.6. The molecular weight excluding hydrogens is 1600 g/mol. The van der Waals surface area contributed by atoms with E-state index in [0.717, 1.165) is 147 Å². The second-order valence-corrected chi connectivity index (χ2v) is 42.5. The van der Waals surface area contributed by atoms with Crippen molar-refractivity contribution in [2.45, 2.75) is 499 Å². The number of hydrogen-bond donors (Lipinski definition) is 1. The fraction of sp³-hybridized carbons (Fsp3) is 0.914. The first-order chi connectivity index (χ1) is 53.1. The zero-order valence-corrected chi connectivity index (χ0v) is 74.5. The van der Waals surface area contributed by atoms with Crippen molar-refractivity contribution in [2.24, 2.45) is 104 Å². The average molecular weight is 1800 g/mol. The molecule has 0 aromatic heterocycles. The van der Waals surface area contributed by atoms with Gasteiger partial charge in [-0.05, 0) is 323 Å². The first-order valence-electron chi connectivity index (χ1n) is 45.1. The normalized spacial score (nSPS) is 31.7. The smallest absolute Gasteiger partial charge is 0.465 e. The van der Waals surface area contributed by atoms with Gasteiger partial charge >= 0.3 is 54.1 Å². The highest BCUT2D eigenvalue weighted by Gasteiger charge is 2.66. The summed E-state index contributed by atoms with van der Waals surface area (Å²) in [5.41, 5.74) is -4.81. The molecule has 1 N–H and O–H groups in total. The Kier molecular flexibility index (Phi) is 49.9. The molecule has 2 aliphatic heterocycles. The molecule has 21 heteroatoms. The first kappa shape index (κ1) is 127. The van der Waals surface area contributed by atoms with Crippen LogP contribution in [0.5, 0.6) is 0 Å². The zero-order chi connectivity index (χ0) is 84.4. The van der Waals surface area contributed by atoms with Gasteiger partial charge in [0.15, 0.2) is 6.10 Å². The number of hydrogen-bond acceptors (Lipinski definition) is 21. The molecule has 2 saturated heterocycles. The molecule has 17 aliphatic rings. The van der Waals surface area contributed by atoms with Crippen LogP contribution < -0.4 is 0 Å². The van der Waals surface area contributed by atoms with Crippen molar-refractivity contribution in [3.05, 3.63) is 0 Å². The number of esters is 7. The van der Waals surface area contributed by atoms with Crippen molar-refractivity contribution in [3.63, 3.8) is 0 Å². The molecule has 10 unspecified atom stereocenters. The number of unbranched alkanes of at least 4 members (excludes halogenated alkanes) is 1. The Bertz CT molecular complexity index is 3310. The SMILES string of the molecule is C.C.C.C.C.C.C.C.C.C.C.C.CCC(C)(C)C(=O)OC1(C(C)C)C2CC3CC(C2)CC1C3.CCC(C)(C)C(=O)OC12CC3CC(CC(O)(C3)C1)C2.CCC(C)(C)C(=O)OC12CC3CC(CC(OC(=O)OCC4COC(=O)O4)(C3)C1)C2.CCC(C)(C)C(=O)OC1C2CC3C(=O)OC1C3C2.CCC1(OC(=O)C(C)(C)CC)CCCC1.CCCCOC(=O)C(C)(C)CC. The summed E-state index contributed by atoms with van der Waals surface area (Å²) >= 11 is 0. The quantitative estimate of drug-likeness (QED) is 0.0505. The Morgan fingerprint density at radius 3 is 1.21 bits per heavy atom. The van der Waals surface area contributed by atoms with Gasteiger partial charge in [0.05, 0.1) is 50.6 Å². The van der Waals surface area contributed by atoms with E-state index in [4.69, 9.17) is 47.4 Å². The summed E-state index contributed by atoms with van der Waals surface area (Å²) in [7, 11) is 0. The first-order valence-corrected chi connectivity index (χ1v) is 45.1. The fourth-order valence-corrected chi connectivity index (χ4v) is 22.1. The number of rotatable bonds is 25. The van der Waals surface area contributed by atoms with Gasteiger partial charge in [0.25, 0.3) is 0 Å². The Balaban J connectivity index is -0.000000709. The summed E-state index contributed by atoms with van der Waals surface area (Å²) in [6.07, 6.45) is 28.7. The highest BCUT2D eigenvalue weighted by Crippen LogP contribution is 2.65. The van der Waals surface area contributed by atoms with E-state index in [2.05, 4.69) is 39.4 Å². The van der Waals surface area contributed by atoms with Gasteiger partial charge in [0.1, 0.15) is 53.4 Å². The van der Waals surface area contributed by atoms with Crippen LogP contribution >= 0.6 is 0 Å². The summed E-state index contributed by atoms with van der Waals surface area (Å²) in [6, 6.07) is 0. The van der Waals surface area contributed by atoms with Gasteiger partial charge in [0, 0.05) is 24.7 Å². The van der Waals surface area contributed by atoms with E-state index in [1.54, 1.807) is 0 Å². The van der Waals surface area contributed by atoms with Crippen LogP contribution in [0.4, 0.5) is 9.59 Å². The molecule has 2 heterocycles. The van der Waals surface area contributed by atoms with Crippen LogP contribution in [0.15, 0.2) is 0 Å². The maximum atomic E-state index is 12.8. The lowest BCUT2D eigenvalue weighted by Gasteiger charge is -2.62. The van der Waals surface area contributed by atoms with E-state index in [1.165, 1.54) is 51.4 Å². The van der Waals surface area contributed by atoms with Gasteiger partial charge in [-0.25, -0.2) is 9.59 Å². The van der Waals surface area contributed by atoms with Crippen LogP contribution in [0.1, 0.15) is 447 Å². The lowest BCUT2D eigenvalue weighted by Crippen LogP contribution is -2.63. The lowest BCUT2D eigenvalue weighted by molar-refractivity contribution is -0.231. The van der Waals surface area contributed by atoms with Crippen LogP contribution in [0.25, 0.3) is 0 Å². The van der Waals surface area contributed by atoms with Gasteiger partial charge in [0.2, 0.25) is 0 Å². The van der Waals surface area contributed by atoms with E-state index < -0.39 is 51.5 Å². The van der Waals surface area contributed by atoms with Crippen molar-refractivity contribution >= 4 is 54.1 Å². The molecule has 0 aromatic carbocycles. The molecule has 0 spiro atoms. The van der Waals surface area contributed by atoms with Crippen molar-refractivity contribution in [3.8, 4) is 0 Å². The topological polar surface area (TPSA) is 275 Å². The number of carbonyl (C=O) groups is 9. The van der Waals surface area contributed by atoms with Crippen molar-refractivity contribution in [2.75, 3.05) is 19.8 Å². The lowest BCUT2D eigenvalue weighted by atomic mass is 9.47. The third kappa shape index (κ3) is 28.9. The van der Waals surface area contributed by atoms with Crippen LogP contribution in [0, 0.1) is 104 Å². The molecule has 17 fully saturated rings. The largest absolute Gasteiger partial charge is 0.508 e. The van der Waals surface area contributed by atoms with E-state index >= 15 is 0 Å².